The minimum Gasteiger partial charge on any atom is -0.465 e. The maximum atomic E-state index is 12.4. The number of aliphatic hydroxyl groups is 1. The average Bonchev–Trinajstić information content (AvgIpc) is 2.91. The molecule has 0 aromatic carbocycles. The molecule has 2 unspecified atom stereocenters. The van der Waals surface area contributed by atoms with E-state index in [0.717, 1.165) is 19.3 Å². The fourth-order valence-electron chi connectivity index (χ4n) is 4.74. The van der Waals surface area contributed by atoms with Gasteiger partial charge in [-0.1, -0.05) is 73.6 Å². The smallest absolute Gasteiger partial charge is 0.339 e. The van der Waals surface area contributed by atoms with Crippen LogP contribution in [0, 0.1) is 11.8 Å². The van der Waals surface area contributed by atoms with Crippen LogP contribution in [0.5, 0.6) is 5.75 Å². The molecular formula is C36H64O7Si2. The lowest BCUT2D eigenvalue weighted by atomic mass is 9.92. The molecule has 2 heterocycles. The van der Waals surface area contributed by atoms with Crippen molar-refractivity contribution in [3.63, 3.8) is 0 Å². The van der Waals surface area contributed by atoms with E-state index in [9.17, 15) is 9.90 Å². The molecule has 6 atom stereocenters. The third kappa shape index (κ3) is 11.6. The molecule has 0 radical (unpaired) electrons. The Morgan fingerprint density at radius 2 is 1.60 bits per heavy atom. The maximum absolute atomic E-state index is 12.4. The Morgan fingerprint density at radius 1 is 1.00 bits per heavy atom. The van der Waals surface area contributed by atoms with Crippen molar-refractivity contribution >= 4 is 16.6 Å². The molecule has 0 aliphatic carbocycles. The largest absolute Gasteiger partial charge is 0.465 e. The van der Waals surface area contributed by atoms with Crippen molar-refractivity contribution in [2.75, 3.05) is 6.61 Å². The van der Waals surface area contributed by atoms with E-state index in [2.05, 4.69) is 107 Å². The minimum absolute atomic E-state index is 0.00938. The van der Waals surface area contributed by atoms with Crippen LogP contribution in [0.25, 0.3) is 0 Å². The monoisotopic (exact) mass is 664 g/mol. The first kappa shape index (κ1) is 39.7. The van der Waals surface area contributed by atoms with Crippen molar-refractivity contribution in [1.29, 1.82) is 0 Å². The number of allylic oxidation sites excluding steroid dienone is 1. The van der Waals surface area contributed by atoms with Crippen LogP contribution in [-0.4, -0.2) is 53.0 Å². The highest BCUT2D eigenvalue weighted by Crippen LogP contribution is 2.40. The summed E-state index contributed by atoms with van der Waals surface area (Å²) < 4.78 is 31.0. The van der Waals surface area contributed by atoms with E-state index in [1.807, 2.05) is 6.92 Å². The standard InChI is InChI=1S/C36H64O7Si2/c1-15-25(2)34(43-45(13,14)36(8,9)10)26(3)19-20-31(42-44(11,12)35(5,6)7)27(4)30(37)23-28-22-29(24-32(38)40-28)41-33-18-16-17-21-39-33/h15,19-20,22,24,26-27,30-31,33-34,37H,16-18,21,23H2,1-14H3/b20-19+,25-15+/t26-,27-,30?,31+,33?,34+/m0/s1. The molecule has 1 saturated heterocycles. The van der Waals surface area contributed by atoms with Gasteiger partial charge in [-0.25, -0.2) is 4.79 Å². The Balaban J connectivity index is 2.35. The van der Waals surface area contributed by atoms with Gasteiger partial charge in [0.15, 0.2) is 22.9 Å². The summed E-state index contributed by atoms with van der Waals surface area (Å²) in [7, 11) is -4.24. The predicted molar refractivity (Wildman–Crippen MR) is 190 cm³/mol. The van der Waals surface area contributed by atoms with Gasteiger partial charge in [-0.3, -0.25) is 0 Å². The Hall–Kier alpha value is -1.50. The van der Waals surface area contributed by atoms with Crippen molar-refractivity contribution < 1.29 is 27.8 Å². The lowest BCUT2D eigenvalue weighted by Crippen LogP contribution is -2.47. The lowest BCUT2D eigenvalue weighted by molar-refractivity contribution is -0.106. The second-order valence-corrected chi connectivity index (χ2v) is 25.6. The summed E-state index contributed by atoms with van der Waals surface area (Å²) in [5.74, 6) is 0.603. The molecule has 1 N–H and O–H groups in total. The molecule has 1 aromatic heterocycles. The van der Waals surface area contributed by atoms with Gasteiger partial charge in [0.2, 0.25) is 0 Å². The Bertz CT molecular complexity index is 1180. The molecule has 1 aliphatic rings. The molecule has 1 aliphatic heterocycles. The van der Waals surface area contributed by atoms with Gasteiger partial charge >= 0.3 is 5.63 Å². The number of ether oxygens (including phenoxy) is 2. The van der Waals surface area contributed by atoms with Crippen molar-refractivity contribution in [1.82, 2.24) is 0 Å². The number of aliphatic hydroxyl groups excluding tert-OH is 1. The molecule has 45 heavy (non-hydrogen) atoms. The molecule has 1 fully saturated rings. The Labute approximate surface area is 276 Å². The average molecular weight is 665 g/mol. The maximum Gasteiger partial charge on any atom is 0.339 e. The van der Waals surface area contributed by atoms with Gasteiger partial charge < -0.3 is 27.8 Å². The summed E-state index contributed by atoms with van der Waals surface area (Å²) in [6.45, 7) is 31.6. The molecule has 2 rings (SSSR count). The van der Waals surface area contributed by atoms with Crippen LogP contribution < -0.4 is 10.4 Å². The molecule has 9 heteroatoms. The van der Waals surface area contributed by atoms with Gasteiger partial charge in [0, 0.05) is 30.7 Å². The molecule has 258 valence electrons. The Kier molecular flexibility index (Phi) is 14.2. The van der Waals surface area contributed by atoms with Crippen LogP contribution in [0.1, 0.15) is 94.3 Å². The van der Waals surface area contributed by atoms with Crippen LogP contribution in [0.4, 0.5) is 0 Å². The van der Waals surface area contributed by atoms with Gasteiger partial charge in [-0.15, -0.1) is 0 Å². The molecule has 1 aromatic rings. The summed E-state index contributed by atoms with van der Waals surface area (Å²) in [4.78, 5) is 12.4. The van der Waals surface area contributed by atoms with E-state index in [1.54, 1.807) is 6.07 Å². The van der Waals surface area contributed by atoms with Crippen molar-refractivity contribution in [2.45, 2.75) is 156 Å². The first-order valence-electron chi connectivity index (χ1n) is 16.8. The predicted octanol–water partition coefficient (Wildman–Crippen LogP) is 9.02. The molecule has 7 nitrogen and oxygen atoms in total. The first-order chi connectivity index (χ1) is 20.6. The number of rotatable bonds is 14. The van der Waals surface area contributed by atoms with E-state index in [4.69, 9.17) is 22.7 Å². The second kappa shape index (κ2) is 16.1. The van der Waals surface area contributed by atoms with Crippen LogP contribution in [0.3, 0.4) is 0 Å². The van der Waals surface area contributed by atoms with Crippen molar-refractivity contribution in [3.05, 3.63) is 52.1 Å². The zero-order valence-electron chi connectivity index (χ0n) is 30.8. The second-order valence-electron chi connectivity index (χ2n) is 16.0. The van der Waals surface area contributed by atoms with Crippen LogP contribution in [0.2, 0.25) is 36.3 Å². The van der Waals surface area contributed by atoms with E-state index < -0.39 is 28.4 Å². The highest BCUT2D eigenvalue weighted by Gasteiger charge is 2.42. The highest BCUT2D eigenvalue weighted by molar-refractivity contribution is 6.74. The normalized spacial score (nSPS) is 21.0. The molecular weight excluding hydrogens is 601 g/mol. The third-order valence-electron chi connectivity index (χ3n) is 10.2. The zero-order chi connectivity index (χ0) is 34.4. The SMILES string of the molecule is C/C=C(\C)[C@@H](O[Si](C)(C)C(C)(C)C)[C@@H](C)/C=C/[C@@H](O[Si](C)(C)C(C)(C)C)[C@@H](C)C(O)Cc1cc(OC2CCCCO2)cc(=O)o1. The highest BCUT2D eigenvalue weighted by atomic mass is 28.4. The minimum atomic E-state index is -2.21. The fraction of sp³-hybridized carbons (Fsp3) is 0.750. The summed E-state index contributed by atoms with van der Waals surface area (Å²) in [6, 6.07) is 3.03. The van der Waals surface area contributed by atoms with Gasteiger partial charge in [-0.2, -0.15) is 0 Å². The van der Waals surface area contributed by atoms with Gasteiger partial charge in [0.25, 0.3) is 0 Å². The summed E-state index contributed by atoms with van der Waals surface area (Å²) in [5, 5.41) is 11.6. The summed E-state index contributed by atoms with van der Waals surface area (Å²) in [6.07, 6.45) is 7.86. The fourth-order valence-corrected chi connectivity index (χ4v) is 7.45. The quantitative estimate of drug-likeness (QED) is 0.157. The number of hydrogen-bond donors (Lipinski definition) is 1. The molecule has 0 spiro atoms. The topological polar surface area (TPSA) is 87.4 Å². The first-order valence-corrected chi connectivity index (χ1v) is 22.7. The van der Waals surface area contributed by atoms with E-state index in [0.29, 0.717) is 18.1 Å². The zero-order valence-corrected chi connectivity index (χ0v) is 32.8. The molecule has 0 bridgehead atoms. The summed E-state index contributed by atoms with van der Waals surface area (Å²) >= 11 is 0. The van der Waals surface area contributed by atoms with Crippen LogP contribution in [-0.2, 0) is 20.0 Å². The lowest BCUT2D eigenvalue weighted by Gasteiger charge is -2.42. The third-order valence-corrected chi connectivity index (χ3v) is 19.1. The van der Waals surface area contributed by atoms with Gasteiger partial charge in [0.1, 0.15) is 11.5 Å². The van der Waals surface area contributed by atoms with Crippen LogP contribution >= 0.6 is 0 Å². The van der Waals surface area contributed by atoms with E-state index in [1.165, 1.54) is 11.6 Å². The molecule has 0 amide bonds. The van der Waals surface area contributed by atoms with Gasteiger partial charge in [0.05, 0.1) is 31.0 Å². The Morgan fingerprint density at radius 3 is 2.13 bits per heavy atom. The molecule has 0 saturated carbocycles. The number of hydrogen-bond acceptors (Lipinski definition) is 7. The van der Waals surface area contributed by atoms with Gasteiger partial charge in [-0.05, 0) is 68.5 Å². The van der Waals surface area contributed by atoms with Crippen molar-refractivity contribution in [3.8, 4) is 5.75 Å². The summed E-state index contributed by atoms with van der Waals surface area (Å²) in [5.41, 5.74) is 0.704. The van der Waals surface area contributed by atoms with Crippen LogP contribution in [0.15, 0.2) is 45.1 Å². The van der Waals surface area contributed by atoms with Crippen molar-refractivity contribution in [2.24, 2.45) is 11.8 Å². The van der Waals surface area contributed by atoms with E-state index >= 15 is 0 Å². The van der Waals surface area contributed by atoms with E-state index in [-0.39, 0.29) is 46.8 Å².